The molecule has 9 heteroatoms. The van der Waals surface area contributed by atoms with Crippen LogP contribution in [0.1, 0.15) is 168 Å². The van der Waals surface area contributed by atoms with Gasteiger partial charge in [0.15, 0.2) is 6.10 Å². The molecule has 51 heavy (non-hydrogen) atoms. The summed E-state index contributed by atoms with van der Waals surface area (Å²) in [5.41, 5.74) is 5.35. The predicted octanol–water partition coefficient (Wildman–Crippen LogP) is 12.1. The minimum atomic E-state index is -4.31. The minimum absolute atomic E-state index is 0.00213. The van der Waals surface area contributed by atoms with Crippen molar-refractivity contribution in [3.8, 4) is 0 Å². The maximum atomic E-state index is 12.5. The van der Waals surface area contributed by atoms with Gasteiger partial charge >= 0.3 is 13.8 Å². The molecule has 0 aromatic rings. The Kier molecular flexibility index (Phi) is 37.7. The lowest BCUT2D eigenvalue weighted by molar-refractivity contribution is -0.153. The van der Waals surface area contributed by atoms with Crippen molar-refractivity contribution in [3.63, 3.8) is 0 Å². The summed E-state index contributed by atoms with van der Waals surface area (Å²) < 4.78 is 33.0. The Morgan fingerprint density at radius 2 is 1.06 bits per heavy atom. The summed E-state index contributed by atoms with van der Waals surface area (Å²) in [6, 6.07) is 0. The zero-order valence-electron chi connectivity index (χ0n) is 32.6. The van der Waals surface area contributed by atoms with Gasteiger partial charge in [-0.3, -0.25) is 13.8 Å². The van der Waals surface area contributed by atoms with E-state index in [4.69, 9.17) is 24.3 Å². The van der Waals surface area contributed by atoms with Crippen LogP contribution in [0, 0.1) is 0 Å². The highest BCUT2D eigenvalue weighted by molar-refractivity contribution is 7.47. The Balaban J connectivity index is 4.25. The standard InChI is InChI=1S/C42H76NO7P/c1-3-5-7-9-11-13-15-17-19-20-21-23-25-27-29-31-33-35-42(44)50-41(40-49-51(45,46)48-38-36-43)39-47-37-34-32-30-28-26-24-22-18-16-14-12-10-8-6-4-2/h13,15,19-20,23,25,29,31,34,37,41H,3-12,14,16-18,21-22,24,26-28,30,32-33,35-36,38-40,43H2,1-2H3,(H,45,46)/b15-13-,20-19-,25-23-,31-29-,37-34+. The average Bonchev–Trinajstić information content (AvgIpc) is 3.12. The molecule has 0 bridgehead atoms. The number of esters is 1. The Labute approximate surface area is 313 Å². The quantitative estimate of drug-likeness (QED) is 0.0211. The van der Waals surface area contributed by atoms with Crippen LogP contribution in [0.2, 0.25) is 0 Å². The maximum Gasteiger partial charge on any atom is 0.472 e. The monoisotopic (exact) mass is 738 g/mol. The highest BCUT2D eigenvalue weighted by atomic mass is 31.2. The lowest BCUT2D eigenvalue weighted by Crippen LogP contribution is -2.27. The Bertz CT molecular complexity index is 963. The van der Waals surface area contributed by atoms with Crippen LogP contribution in [0.3, 0.4) is 0 Å². The molecular formula is C42H76NO7P. The summed E-state index contributed by atoms with van der Waals surface area (Å²) in [7, 11) is -4.31. The van der Waals surface area contributed by atoms with Gasteiger partial charge in [-0.05, 0) is 57.4 Å². The summed E-state index contributed by atoms with van der Waals surface area (Å²) in [6.07, 6.45) is 47.7. The Morgan fingerprint density at radius 3 is 1.59 bits per heavy atom. The molecule has 0 heterocycles. The molecule has 0 aromatic carbocycles. The molecule has 0 saturated carbocycles. The van der Waals surface area contributed by atoms with E-state index in [9.17, 15) is 14.3 Å². The Morgan fingerprint density at radius 1 is 0.608 bits per heavy atom. The normalized spacial score (nSPS) is 14.1. The van der Waals surface area contributed by atoms with Crippen LogP contribution in [0.25, 0.3) is 0 Å². The van der Waals surface area contributed by atoms with Crippen molar-refractivity contribution in [2.24, 2.45) is 5.73 Å². The number of phosphoric acid groups is 1. The summed E-state index contributed by atoms with van der Waals surface area (Å²) in [6.45, 7) is 4.13. The molecule has 0 spiro atoms. The van der Waals surface area contributed by atoms with E-state index >= 15 is 0 Å². The molecule has 0 aromatic heterocycles. The summed E-state index contributed by atoms with van der Waals surface area (Å²) in [5.74, 6) is -0.431. The molecular weight excluding hydrogens is 661 g/mol. The lowest BCUT2D eigenvalue weighted by atomic mass is 10.0. The van der Waals surface area contributed by atoms with Gasteiger partial charge in [-0.15, -0.1) is 0 Å². The number of carbonyl (C=O) groups is 1. The van der Waals surface area contributed by atoms with E-state index < -0.39 is 19.9 Å². The van der Waals surface area contributed by atoms with Gasteiger partial charge in [-0.1, -0.05) is 159 Å². The van der Waals surface area contributed by atoms with E-state index in [0.717, 1.165) is 32.1 Å². The van der Waals surface area contributed by atoms with Crippen LogP contribution >= 0.6 is 7.82 Å². The number of nitrogens with two attached hydrogens (primary N) is 1. The smallest absolute Gasteiger partial charge is 0.472 e. The molecule has 2 unspecified atom stereocenters. The summed E-state index contributed by atoms with van der Waals surface area (Å²) >= 11 is 0. The van der Waals surface area contributed by atoms with Gasteiger partial charge in [0.2, 0.25) is 0 Å². The third-order valence-corrected chi connectivity index (χ3v) is 9.25. The van der Waals surface area contributed by atoms with Crippen molar-refractivity contribution >= 4 is 13.8 Å². The van der Waals surface area contributed by atoms with Crippen molar-refractivity contribution in [2.45, 2.75) is 174 Å². The molecule has 0 radical (unpaired) electrons. The number of unbranched alkanes of at least 4 members (excludes halogenated alkanes) is 17. The van der Waals surface area contributed by atoms with Crippen LogP contribution < -0.4 is 5.73 Å². The highest BCUT2D eigenvalue weighted by Crippen LogP contribution is 2.43. The van der Waals surface area contributed by atoms with Gasteiger partial charge in [-0.2, -0.15) is 0 Å². The highest BCUT2D eigenvalue weighted by Gasteiger charge is 2.25. The summed E-state index contributed by atoms with van der Waals surface area (Å²) in [4.78, 5) is 22.4. The number of phosphoric ester groups is 1. The number of hydrogen-bond donors (Lipinski definition) is 2. The van der Waals surface area contributed by atoms with Crippen LogP contribution in [-0.2, 0) is 27.9 Å². The first-order valence-electron chi connectivity index (χ1n) is 20.3. The van der Waals surface area contributed by atoms with E-state index in [2.05, 4.69) is 50.3 Å². The first-order valence-corrected chi connectivity index (χ1v) is 21.8. The van der Waals surface area contributed by atoms with Crippen molar-refractivity contribution in [1.82, 2.24) is 0 Å². The third-order valence-electron chi connectivity index (χ3n) is 8.27. The van der Waals surface area contributed by atoms with Crippen LogP contribution in [0.5, 0.6) is 0 Å². The first kappa shape index (κ1) is 49.0. The molecule has 0 rings (SSSR count). The minimum Gasteiger partial charge on any atom is -0.498 e. The molecule has 3 N–H and O–H groups in total. The van der Waals surface area contributed by atoms with E-state index in [1.165, 1.54) is 109 Å². The number of carbonyl (C=O) groups excluding carboxylic acids is 1. The molecule has 0 fully saturated rings. The van der Waals surface area contributed by atoms with Gasteiger partial charge < -0.3 is 20.1 Å². The molecule has 0 amide bonds. The van der Waals surface area contributed by atoms with Crippen molar-refractivity contribution in [1.29, 1.82) is 0 Å². The maximum absolute atomic E-state index is 12.5. The zero-order chi connectivity index (χ0) is 37.4. The number of allylic oxidation sites excluding steroid dienone is 9. The van der Waals surface area contributed by atoms with Gasteiger partial charge in [0, 0.05) is 13.0 Å². The van der Waals surface area contributed by atoms with Crippen LogP contribution in [0.15, 0.2) is 60.9 Å². The fraction of sp³-hybridized carbons (Fsp3) is 0.738. The molecule has 2 atom stereocenters. The molecule has 0 aliphatic heterocycles. The van der Waals surface area contributed by atoms with E-state index in [1.54, 1.807) is 6.26 Å². The van der Waals surface area contributed by atoms with Crippen molar-refractivity contribution in [2.75, 3.05) is 26.4 Å². The first-order chi connectivity index (χ1) is 24.9. The second kappa shape index (κ2) is 39.3. The fourth-order valence-corrected chi connectivity index (χ4v) is 6.03. The zero-order valence-corrected chi connectivity index (χ0v) is 33.5. The molecule has 0 aliphatic carbocycles. The van der Waals surface area contributed by atoms with E-state index in [0.29, 0.717) is 6.42 Å². The number of hydrogen-bond acceptors (Lipinski definition) is 7. The lowest BCUT2D eigenvalue weighted by Gasteiger charge is -2.19. The molecule has 296 valence electrons. The van der Waals surface area contributed by atoms with Crippen LogP contribution in [0.4, 0.5) is 0 Å². The number of rotatable bonds is 38. The summed E-state index contributed by atoms with van der Waals surface area (Å²) in [5, 5.41) is 0. The Hall–Kier alpha value is -1.96. The second-order valence-corrected chi connectivity index (χ2v) is 14.7. The largest absolute Gasteiger partial charge is 0.498 e. The topological polar surface area (TPSA) is 117 Å². The fourth-order valence-electron chi connectivity index (χ4n) is 5.26. The average molecular weight is 738 g/mol. The molecule has 0 aliphatic rings. The SMILES string of the molecule is CCCCCC/C=C\C/C=C\C/C=C\C/C=C\CCC(=O)OC(CO/C=C/CCCCCCCCCCCCCCC)COP(=O)(O)OCCN. The molecule has 0 saturated heterocycles. The predicted molar refractivity (Wildman–Crippen MR) is 214 cm³/mol. The third kappa shape index (κ3) is 39.1. The van der Waals surface area contributed by atoms with Crippen LogP contribution in [-0.4, -0.2) is 43.3 Å². The number of ether oxygens (including phenoxy) is 2. The van der Waals surface area contributed by atoms with Gasteiger partial charge in [-0.25, -0.2) is 4.57 Å². The van der Waals surface area contributed by atoms with Gasteiger partial charge in [0.05, 0.1) is 19.5 Å². The van der Waals surface area contributed by atoms with E-state index in [-0.39, 0.29) is 32.8 Å². The van der Waals surface area contributed by atoms with Gasteiger partial charge in [0.25, 0.3) is 0 Å². The molecule has 8 nitrogen and oxygen atoms in total. The van der Waals surface area contributed by atoms with Gasteiger partial charge in [0.1, 0.15) is 6.61 Å². The second-order valence-electron chi connectivity index (χ2n) is 13.2. The van der Waals surface area contributed by atoms with Crippen molar-refractivity contribution < 1.29 is 32.8 Å². The van der Waals surface area contributed by atoms with E-state index in [1.807, 2.05) is 18.2 Å². The van der Waals surface area contributed by atoms with Crippen molar-refractivity contribution in [3.05, 3.63) is 60.9 Å².